The predicted octanol–water partition coefficient (Wildman–Crippen LogP) is 4.86. The van der Waals surface area contributed by atoms with Crippen LogP contribution in [0, 0.1) is 25.2 Å². The molecule has 9 heteroatoms. The lowest BCUT2D eigenvalue weighted by molar-refractivity contribution is -0.139. The number of carbonyl (C=O) groups excluding carboxylic acids is 1. The summed E-state index contributed by atoms with van der Waals surface area (Å²) in [5, 5.41) is 8.86. The van der Waals surface area contributed by atoms with Crippen molar-refractivity contribution >= 4 is 23.6 Å². The molecule has 1 aromatic heterocycles. The molecule has 0 radical (unpaired) electrons. The first-order valence-corrected chi connectivity index (χ1v) is 8.81. The van der Waals surface area contributed by atoms with E-state index in [1.165, 1.54) is 25.3 Å². The first-order chi connectivity index (χ1) is 13.6. The third kappa shape index (κ3) is 5.19. The third-order valence-electron chi connectivity index (χ3n) is 4.14. The van der Waals surface area contributed by atoms with Gasteiger partial charge in [-0.25, -0.2) is 4.79 Å². The number of hydrogen-bond donors (Lipinski definition) is 0. The van der Waals surface area contributed by atoms with Crippen LogP contribution in [-0.4, -0.2) is 30.9 Å². The monoisotopic (exact) mass is 426 g/mol. The van der Waals surface area contributed by atoms with Crippen molar-refractivity contribution in [3.63, 3.8) is 0 Å². The maximum atomic E-state index is 13.2. The van der Waals surface area contributed by atoms with E-state index in [1.54, 1.807) is 30.6 Å². The Morgan fingerprint density at radius 2 is 1.97 bits per heavy atom. The summed E-state index contributed by atoms with van der Waals surface area (Å²) in [7, 11) is 1.45. The Balaban J connectivity index is 2.46. The number of aromatic nitrogens is 1. The highest BCUT2D eigenvalue weighted by molar-refractivity contribution is 6.31. The van der Waals surface area contributed by atoms with Crippen molar-refractivity contribution in [2.24, 2.45) is 0 Å². The smallest absolute Gasteiger partial charge is 0.417 e. The van der Waals surface area contributed by atoms with Crippen LogP contribution in [0.1, 0.15) is 22.5 Å². The molecule has 0 atom stereocenters. The number of methoxy groups -OCH3 is 1. The molecule has 1 aromatic carbocycles. The van der Waals surface area contributed by atoms with E-state index < -0.39 is 22.7 Å². The number of benzene rings is 1. The van der Waals surface area contributed by atoms with Gasteiger partial charge in [0.15, 0.2) is 0 Å². The van der Waals surface area contributed by atoms with Gasteiger partial charge in [-0.3, -0.25) is 0 Å². The molecule has 1 heterocycles. The topological polar surface area (TPSA) is 64.2 Å². The lowest BCUT2D eigenvalue weighted by Gasteiger charge is -2.14. The SMILES string of the molecule is COCCOC(=O)C(C#N)=Cc1cc(C)n(-c2ccc(Cl)c(C(F)(F)F)c2)c1C. The Morgan fingerprint density at radius 3 is 2.55 bits per heavy atom. The standard InChI is InChI=1S/C20H18ClF3N2O3/c1-12-8-14(9-15(11-25)19(27)29-7-6-28-3)13(2)26(12)16-4-5-18(21)17(10-16)20(22,23)24/h4-5,8-10H,6-7H2,1-3H3. The lowest BCUT2D eigenvalue weighted by atomic mass is 10.1. The van der Waals surface area contributed by atoms with E-state index in [2.05, 4.69) is 0 Å². The van der Waals surface area contributed by atoms with Gasteiger partial charge in [-0.15, -0.1) is 0 Å². The maximum Gasteiger partial charge on any atom is 0.417 e. The minimum Gasteiger partial charge on any atom is -0.459 e. The van der Waals surface area contributed by atoms with Gasteiger partial charge in [0.1, 0.15) is 18.2 Å². The first kappa shape index (κ1) is 22.5. The summed E-state index contributed by atoms with van der Waals surface area (Å²) in [6.07, 6.45) is -3.25. The van der Waals surface area contributed by atoms with Gasteiger partial charge in [0.25, 0.3) is 0 Å². The lowest BCUT2D eigenvalue weighted by Crippen LogP contribution is -2.11. The zero-order valence-corrected chi connectivity index (χ0v) is 16.7. The molecule has 0 saturated carbocycles. The van der Waals surface area contributed by atoms with Gasteiger partial charge in [-0.2, -0.15) is 18.4 Å². The van der Waals surface area contributed by atoms with E-state index in [9.17, 15) is 23.2 Å². The molecule has 0 aliphatic carbocycles. The van der Waals surface area contributed by atoms with Crippen LogP contribution in [0.5, 0.6) is 0 Å². The molecular formula is C20H18ClF3N2O3. The van der Waals surface area contributed by atoms with E-state index in [-0.39, 0.29) is 24.5 Å². The van der Waals surface area contributed by atoms with Crippen molar-refractivity contribution in [1.29, 1.82) is 5.26 Å². The maximum absolute atomic E-state index is 13.2. The molecule has 29 heavy (non-hydrogen) atoms. The molecule has 0 spiro atoms. The number of carbonyl (C=O) groups is 1. The van der Waals surface area contributed by atoms with Crippen LogP contribution in [0.4, 0.5) is 13.2 Å². The second kappa shape index (κ2) is 9.16. The summed E-state index contributed by atoms with van der Waals surface area (Å²) in [6, 6.07) is 7.05. The number of alkyl halides is 3. The van der Waals surface area contributed by atoms with Crippen LogP contribution in [0.3, 0.4) is 0 Å². The zero-order valence-electron chi connectivity index (χ0n) is 15.9. The van der Waals surface area contributed by atoms with Crippen LogP contribution in [-0.2, 0) is 20.4 Å². The highest BCUT2D eigenvalue weighted by Crippen LogP contribution is 2.36. The first-order valence-electron chi connectivity index (χ1n) is 8.44. The summed E-state index contributed by atoms with van der Waals surface area (Å²) in [5.74, 6) is -0.805. The van der Waals surface area contributed by atoms with Gasteiger partial charge in [0.05, 0.1) is 17.2 Å². The zero-order chi connectivity index (χ0) is 21.8. The normalized spacial score (nSPS) is 12.0. The molecule has 0 N–H and O–H groups in total. The fourth-order valence-electron chi connectivity index (χ4n) is 2.79. The summed E-state index contributed by atoms with van der Waals surface area (Å²) in [6.45, 7) is 3.57. The van der Waals surface area contributed by atoms with Crippen molar-refractivity contribution in [3.8, 4) is 11.8 Å². The quantitative estimate of drug-likeness (QED) is 0.286. The Bertz CT molecular complexity index is 988. The number of halogens is 4. The molecule has 2 rings (SSSR count). The Labute approximate surface area is 170 Å². The molecule has 0 aliphatic rings. The number of nitrogens with zero attached hydrogens (tertiary/aromatic N) is 2. The largest absolute Gasteiger partial charge is 0.459 e. The Hall–Kier alpha value is -2.76. The highest BCUT2D eigenvalue weighted by Gasteiger charge is 2.33. The average Bonchev–Trinajstić information content (AvgIpc) is 2.92. The van der Waals surface area contributed by atoms with Gasteiger partial charge < -0.3 is 14.0 Å². The highest BCUT2D eigenvalue weighted by atomic mass is 35.5. The molecular weight excluding hydrogens is 409 g/mol. The van der Waals surface area contributed by atoms with Gasteiger partial charge in [-0.1, -0.05) is 11.6 Å². The van der Waals surface area contributed by atoms with Crippen LogP contribution in [0.2, 0.25) is 5.02 Å². The average molecular weight is 427 g/mol. The van der Waals surface area contributed by atoms with E-state index in [0.29, 0.717) is 17.0 Å². The Morgan fingerprint density at radius 1 is 1.28 bits per heavy atom. The van der Waals surface area contributed by atoms with Crippen molar-refractivity contribution < 1.29 is 27.4 Å². The Kier molecular flexibility index (Phi) is 7.11. The summed E-state index contributed by atoms with van der Waals surface area (Å²) < 4.78 is 50.9. The van der Waals surface area contributed by atoms with Crippen molar-refractivity contribution in [3.05, 3.63) is 57.4 Å². The number of rotatable bonds is 6. The minimum absolute atomic E-state index is 0.00162. The summed E-state index contributed by atoms with van der Waals surface area (Å²) >= 11 is 5.69. The van der Waals surface area contributed by atoms with E-state index >= 15 is 0 Å². The third-order valence-corrected chi connectivity index (χ3v) is 4.47. The van der Waals surface area contributed by atoms with Gasteiger partial charge in [0.2, 0.25) is 0 Å². The van der Waals surface area contributed by atoms with Crippen LogP contribution < -0.4 is 0 Å². The predicted molar refractivity (Wildman–Crippen MR) is 102 cm³/mol. The van der Waals surface area contributed by atoms with Crippen LogP contribution in [0.15, 0.2) is 29.8 Å². The molecule has 5 nitrogen and oxygen atoms in total. The van der Waals surface area contributed by atoms with Crippen molar-refractivity contribution in [2.75, 3.05) is 20.3 Å². The molecule has 0 saturated heterocycles. The number of hydrogen-bond acceptors (Lipinski definition) is 4. The number of aryl methyl sites for hydroxylation is 1. The summed E-state index contributed by atoms with van der Waals surface area (Å²) in [4.78, 5) is 12.0. The number of esters is 1. The fourth-order valence-corrected chi connectivity index (χ4v) is 3.01. The van der Waals surface area contributed by atoms with E-state index in [4.69, 9.17) is 21.1 Å². The second-order valence-corrected chi connectivity index (χ2v) is 6.53. The fraction of sp³-hybridized carbons (Fsp3) is 0.300. The molecule has 154 valence electrons. The van der Waals surface area contributed by atoms with E-state index in [0.717, 1.165) is 6.07 Å². The minimum atomic E-state index is -4.59. The number of ether oxygens (including phenoxy) is 2. The van der Waals surface area contributed by atoms with Crippen LogP contribution >= 0.6 is 11.6 Å². The van der Waals surface area contributed by atoms with Gasteiger partial charge in [0, 0.05) is 24.2 Å². The molecule has 0 amide bonds. The van der Waals surface area contributed by atoms with Gasteiger partial charge in [-0.05, 0) is 49.8 Å². The van der Waals surface area contributed by atoms with E-state index in [1.807, 2.05) is 0 Å². The second-order valence-electron chi connectivity index (χ2n) is 6.12. The van der Waals surface area contributed by atoms with Crippen molar-refractivity contribution in [2.45, 2.75) is 20.0 Å². The molecule has 0 bridgehead atoms. The van der Waals surface area contributed by atoms with Crippen molar-refractivity contribution in [1.82, 2.24) is 4.57 Å². The molecule has 0 unspecified atom stereocenters. The summed E-state index contributed by atoms with van der Waals surface area (Å²) in [5.41, 5.74) is 0.766. The molecule has 0 fully saturated rings. The number of nitriles is 1. The van der Waals surface area contributed by atoms with Crippen LogP contribution in [0.25, 0.3) is 11.8 Å². The molecule has 0 aliphatic heterocycles. The van der Waals surface area contributed by atoms with Gasteiger partial charge >= 0.3 is 12.1 Å². The molecule has 2 aromatic rings.